The first-order chi connectivity index (χ1) is 16.3. The SMILES string of the molecule is COc1cc(C=NNC(=O)C(=O)Nc2cc(C)ccc2C)ccc1OCc1ccc(Cl)cc1Cl. The molecule has 34 heavy (non-hydrogen) atoms. The summed E-state index contributed by atoms with van der Waals surface area (Å²) in [6.45, 7) is 3.97. The number of anilines is 1. The smallest absolute Gasteiger partial charge is 0.329 e. The molecule has 7 nitrogen and oxygen atoms in total. The maximum absolute atomic E-state index is 12.1. The lowest BCUT2D eigenvalue weighted by molar-refractivity contribution is -0.136. The predicted molar refractivity (Wildman–Crippen MR) is 134 cm³/mol. The summed E-state index contributed by atoms with van der Waals surface area (Å²) in [5, 5.41) is 7.49. The third kappa shape index (κ3) is 6.73. The van der Waals surface area contributed by atoms with Crippen molar-refractivity contribution in [2.24, 2.45) is 5.10 Å². The molecule has 0 atom stereocenters. The molecule has 0 saturated carbocycles. The lowest BCUT2D eigenvalue weighted by Gasteiger charge is -2.12. The fourth-order valence-electron chi connectivity index (χ4n) is 2.94. The summed E-state index contributed by atoms with van der Waals surface area (Å²) in [5.74, 6) is -0.729. The lowest BCUT2D eigenvalue weighted by atomic mass is 10.1. The minimum absolute atomic E-state index is 0.228. The molecule has 0 heterocycles. The van der Waals surface area contributed by atoms with Gasteiger partial charge in [0.15, 0.2) is 11.5 Å². The van der Waals surface area contributed by atoms with Crippen molar-refractivity contribution < 1.29 is 19.1 Å². The number of hydrazone groups is 1. The van der Waals surface area contributed by atoms with Gasteiger partial charge in [0.25, 0.3) is 0 Å². The molecule has 0 bridgehead atoms. The van der Waals surface area contributed by atoms with Gasteiger partial charge in [0.05, 0.1) is 13.3 Å². The number of aryl methyl sites for hydroxylation is 2. The van der Waals surface area contributed by atoms with E-state index < -0.39 is 11.8 Å². The van der Waals surface area contributed by atoms with Crippen molar-refractivity contribution in [3.05, 3.63) is 86.9 Å². The zero-order valence-corrected chi connectivity index (χ0v) is 20.3. The number of nitrogens with zero attached hydrogens (tertiary/aromatic N) is 1. The van der Waals surface area contributed by atoms with Gasteiger partial charge in [0.2, 0.25) is 0 Å². The fourth-order valence-corrected chi connectivity index (χ4v) is 3.41. The van der Waals surface area contributed by atoms with E-state index >= 15 is 0 Å². The van der Waals surface area contributed by atoms with E-state index in [1.54, 1.807) is 42.5 Å². The summed E-state index contributed by atoms with van der Waals surface area (Å²) in [7, 11) is 1.51. The van der Waals surface area contributed by atoms with E-state index in [4.69, 9.17) is 32.7 Å². The van der Waals surface area contributed by atoms with E-state index in [-0.39, 0.29) is 6.61 Å². The van der Waals surface area contributed by atoms with Crippen LogP contribution >= 0.6 is 23.2 Å². The third-order valence-corrected chi connectivity index (χ3v) is 5.40. The predicted octanol–water partition coefficient (Wildman–Crippen LogP) is 5.29. The van der Waals surface area contributed by atoms with Crippen molar-refractivity contribution in [2.45, 2.75) is 20.5 Å². The van der Waals surface area contributed by atoms with Crippen LogP contribution in [0.3, 0.4) is 0 Å². The molecule has 0 aliphatic carbocycles. The molecule has 0 aliphatic heterocycles. The van der Waals surface area contributed by atoms with Crippen LogP contribution < -0.4 is 20.2 Å². The van der Waals surface area contributed by atoms with Gasteiger partial charge in [0, 0.05) is 21.3 Å². The van der Waals surface area contributed by atoms with Crippen molar-refractivity contribution in [1.82, 2.24) is 5.43 Å². The Kier molecular flexibility index (Phi) is 8.51. The number of carbonyl (C=O) groups is 2. The minimum Gasteiger partial charge on any atom is -0.493 e. The number of rotatable bonds is 7. The normalized spacial score (nSPS) is 10.7. The van der Waals surface area contributed by atoms with Crippen LogP contribution in [0.15, 0.2) is 59.7 Å². The van der Waals surface area contributed by atoms with Gasteiger partial charge >= 0.3 is 11.8 Å². The first-order valence-corrected chi connectivity index (χ1v) is 11.0. The Balaban J connectivity index is 1.59. The first kappa shape index (κ1) is 25.1. The number of hydrogen-bond acceptors (Lipinski definition) is 5. The molecule has 9 heteroatoms. The van der Waals surface area contributed by atoms with Gasteiger partial charge in [-0.15, -0.1) is 0 Å². The van der Waals surface area contributed by atoms with Crippen molar-refractivity contribution in [3.63, 3.8) is 0 Å². The molecule has 176 valence electrons. The fraction of sp³-hybridized carbons (Fsp3) is 0.160. The topological polar surface area (TPSA) is 89.0 Å². The second-order valence-electron chi connectivity index (χ2n) is 7.41. The molecule has 0 saturated heterocycles. The molecular formula is C25H23Cl2N3O4. The number of nitrogens with one attached hydrogen (secondary N) is 2. The van der Waals surface area contributed by atoms with Gasteiger partial charge in [-0.05, 0) is 66.9 Å². The van der Waals surface area contributed by atoms with Gasteiger partial charge in [-0.3, -0.25) is 9.59 Å². The van der Waals surface area contributed by atoms with Crippen molar-refractivity contribution in [3.8, 4) is 11.5 Å². The summed E-state index contributed by atoms with van der Waals surface area (Å²) in [5.41, 5.74) is 6.02. The highest BCUT2D eigenvalue weighted by molar-refractivity contribution is 6.39. The molecule has 3 aromatic carbocycles. The summed E-state index contributed by atoms with van der Waals surface area (Å²) >= 11 is 12.1. The number of amides is 2. The molecular weight excluding hydrogens is 477 g/mol. The van der Waals surface area contributed by atoms with Crippen LogP contribution in [0, 0.1) is 13.8 Å². The van der Waals surface area contributed by atoms with E-state index in [1.807, 2.05) is 26.0 Å². The second kappa shape index (κ2) is 11.5. The average molecular weight is 500 g/mol. The molecule has 3 aromatic rings. The van der Waals surface area contributed by atoms with Crippen LogP contribution in [0.5, 0.6) is 11.5 Å². The number of hydrogen-bond donors (Lipinski definition) is 2. The average Bonchev–Trinajstić information content (AvgIpc) is 2.81. The molecule has 0 unspecified atom stereocenters. The molecule has 0 fully saturated rings. The summed E-state index contributed by atoms with van der Waals surface area (Å²) in [6, 6.07) is 15.9. The van der Waals surface area contributed by atoms with Crippen molar-refractivity contribution in [2.75, 3.05) is 12.4 Å². The van der Waals surface area contributed by atoms with Crippen molar-refractivity contribution in [1.29, 1.82) is 0 Å². The van der Waals surface area contributed by atoms with E-state index in [2.05, 4.69) is 15.8 Å². The maximum atomic E-state index is 12.1. The Morgan fingerprint density at radius 2 is 1.76 bits per heavy atom. The number of carbonyl (C=O) groups excluding carboxylic acids is 2. The summed E-state index contributed by atoms with van der Waals surface area (Å²) < 4.78 is 11.2. The highest BCUT2D eigenvalue weighted by atomic mass is 35.5. The standard InChI is InChI=1S/C25H23Cl2N3O4/c1-15-4-5-16(2)21(10-15)29-24(31)25(32)30-28-13-17-6-9-22(23(11-17)33-3)34-14-18-7-8-19(26)12-20(18)27/h4-13H,14H2,1-3H3,(H,29,31)(H,30,32). The van der Waals surface area contributed by atoms with Crippen LogP contribution in [-0.4, -0.2) is 25.1 Å². The van der Waals surface area contributed by atoms with Gasteiger partial charge < -0.3 is 14.8 Å². The molecule has 2 amide bonds. The van der Waals surface area contributed by atoms with E-state index in [9.17, 15) is 9.59 Å². The second-order valence-corrected chi connectivity index (χ2v) is 8.25. The monoisotopic (exact) mass is 499 g/mol. The zero-order valence-electron chi connectivity index (χ0n) is 18.8. The number of halogens is 2. The Morgan fingerprint density at radius 1 is 0.971 bits per heavy atom. The number of methoxy groups -OCH3 is 1. The number of ether oxygens (including phenoxy) is 2. The molecule has 0 aliphatic rings. The Hall–Kier alpha value is -3.55. The molecule has 0 aromatic heterocycles. The minimum atomic E-state index is -0.885. The van der Waals surface area contributed by atoms with E-state index in [1.165, 1.54) is 13.3 Å². The third-order valence-electron chi connectivity index (χ3n) is 4.81. The number of benzene rings is 3. The molecule has 3 rings (SSSR count). The van der Waals surface area contributed by atoms with Crippen LogP contribution in [0.1, 0.15) is 22.3 Å². The maximum Gasteiger partial charge on any atom is 0.329 e. The Bertz CT molecular complexity index is 1240. The highest BCUT2D eigenvalue weighted by Gasteiger charge is 2.14. The van der Waals surface area contributed by atoms with Gasteiger partial charge in [0.1, 0.15) is 6.61 Å². The molecule has 0 radical (unpaired) electrons. The molecule has 2 N–H and O–H groups in total. The zero-order chi connectivity index (χ0) is 24.7. The Labute approximate surface area is 207 Å². The van der Waals surface area contributed by atoms with Gasteiger partial charge in [-0.25, -0.2) is 5.43 Å². The van der Waals surface area contributed by atoms with E-state index in [0.29, 0.717) is 32.8 Å². The van der Waals surface area contributed by atoms with Crippen LogP contribution in [0.25, 0.3) is 0 Å². The van der Waals surface area contributed by atoms with Crippen LogP contribution in [0.4, 0.5) is 5.69 Å². The van der Waals surface area contributed by atoms with Gasteiger partial charge in [-0.1, -0.05) is 41.4 Å². The van der Waals surface area contributed by atoms with Crippen molar-refractivity contribution >= 4 is 46.9 Å². The summed E-state index contributed by atoms with van der Waals surface area (Å²) in [6.07, 6.45) is 1.39. The van der Waals surface area contributed by atoms with Crippen LogP contribution in [-0.2, 0) is 16.2 Å². The quantitative estimate of drug-likeness (QED) is 0.262. The highest BCUT2D eigenvalue weighted by Crippen LogP contribution is 2.29. The first-order valence-electron chi connectivity index (χ1n) is 10.2. The lowest BCUT2D eigenvalue weighted by Crippen LogP contribution is -2.32. The largest absolute Gasteiger partial charge is 0.493 e. The van der Waals surface area contributed by atoms with E-state index in [0.717, 1.165) is 16.7 Å². The van der Waals surface area contributed by atoms with Gasteiger partial charge in [-0.2, -0.15) is 5.10 Å². The Morgan fingerprint density at radius 3 is 2.50 bits per heavy atom. The molecule has 0 spiro atoms. The van der Waals surface area contributed by atoms with Crippen LogP contribution in [0.2, 0.25) is 10.0 Å². The summed E-state index contributed by atoms with van der Waals surface area (Å²) in [4.78, 5) is 24.2.